The molecule has 0 saturated carbocycles. The molecule has 2 unspecified atom stereocenters. The maximum Gasteiger partial charge on any atom is 0.320 e. The summed E-state index contributed by atoms with van der Waals surface area (Å²) in [7, 11) is 0. The van der Waals surface area contributed by atoms with E-state index in [1.807, 2.05) is 12.1 Å². The Labute approximate surface area is 104 Å². The van der Waals surface area contributed by atoms with Gasteiger partial charge in [0.2, 0.25) is 0 Å². The van der Waals surface area contributed by atoms with E-state index in [1.165, 1.54) is 0 Å². The average molecular weight is 246 g/mol. The minimum atomic E-state index is -0.793. The highest BCUT2D eigenvalue weighted by Gasteiger charge is 2.28. The third-order valence-electron chi connectivity index (χ3n) is 3.48. The van der Waals surface area contributed by atoms with Gasteiger partial charge >= 0.3 is 5.97 Å². The summed E-state index contributed by atoms with van der Waals surface area (Å²) in [6.07, 6.45) is 4.90. The molecule has 2 aromatic rings. The van der Waals surface area contributed by atoms with Crippen molar-refractivity contribution in [2.24, 2.45) is 0 Å². The fourth-order valence-electron chi connectivity index (χ4n) is 2.47. The number of furan rings is 1. The summed E-state index contributed by atoms with van der Waals surface area (Å²) in [4.78, 5) is 15.4. The molecule has 3 heterocycles. The number of aromatic nitrogens is 1. The third kappa shape index (κ3) is 1.97. The first-order chi connectivity index (χ1) is 8.74. The van der Waals surface area contributed by atoms with Crippen molar-refractivity contribution < 1.29 is 14.3 Å². The Balaban J connectivity index is 1.86. The van der Waals surface area contributed by atoms with Gasteiger partial charge in [-0.15, -0.1) is 0 Å². The molecule has 1 fully saturated rings. The van der Waals surface area contributed by atoms with Crippen LogP contribution in [-0.4, -0.2) is 28.6 Å². The van der Waals surface area contributed by atoms with Crippen molar-refractivity contribution in [1.29, 1.82) is 0 Å². The van der Waals surface area contributed by atoms with E-state index in [9.17, 15) is 4.79 Å². The number of hydrogen-bond donors (Lipinski definition) is 2. The van der Waals surface area contributed by atoms with E-state index < -0.39 is 12.0 Å². The molecule has 2 aromatic heterocycles. The fourth-order valence-corrected chi connectivity index (χ4v) is 2.47. The van der Waals surface area contributed by atoms with Gasteiger partial charge < -0.3 is 14.8 Å². The number of pyridine rings is 1. The minimum Gasteiger partial charge on any atom is -0.480 e. The number of piperidine rings is 1. The van der Waals surface area contributed by atoms with Gasteiger partial charge in [0.05, 0.1) is 6.26 Å². The predicted octanol–water partition coefficient (Wildman–Crippen LogP) is 1.75. The SMILES string of the molecule is O=C(O)C1CC(c2cc3occc3cn2)CCN1. The van der Waals surface area contributed by atoms with Crippen LogP contribution in [0.1, 0.15) is 24.5 Å². The monoisotopic (exact) mass is 246 g/mol. The lowest BCUT2D eigenvalue weighted by Crippen LogP contribution is -2.42. The summed E-state index contributed by atoms with van der Waals surface area (Å²) in [6, 6.07) is 3.32. The number of fused-ring (bicyclic) bond motifs is 1. The van der Waals surface area contributed by atoms with Gasteiger partial charge in [0.25, 0.3) is 0 Å². The molecule has 1 aliphatic heterocycles. The van der Waals surface area contributed by atoms with Crippen LogP contribution in [0.25, 0.3) is 11.0 Å². The number of aliphatic carboxylic acids is 1. The zero-order valence-corrected chi connectivity index (χ0v) is 9.80. The van der Waals surface area contributed by atoms with Crippen molar-refractivity contribution in [2.45, 2.75) is 24.8 Å². The summed E-state index contributed by atoms with van der Waals surface area (Å²) in [5.41, 5.74) is 1.73. The van der Waals surface area contributed by atoms with Crippen LogP contribution in [0, 0.1) is 0 Å². The lowest BCUT2D eigenvalue weighted by atomic mass is 9.89. The number of carboxylic acids is 1. The topological polar surface area (TPSA) is 75.4 Å². The first kappa shape index (κ1) is 11.2. The highest BCUT2D eigenvalue weighted by Crippen LogP contribution is 2.28. The lowest BCUT2D eigenvalue weighted by Gasteiger charge is -2.27. The van der Waals surface area contributed by atoms with Crippen LogP contribution in [0.3, 0.4) is 0 Å². The third-order valence-corrected chi connectivity index (χ3v) is 3.48. The van der Waals surface area contributed by atoms with Gasteiger partial charge in [-0.05, 0) is 25.5 Å². The molecule has 1 saturated heterocycles. The van der Waals surface area contributed by atoms with Gasteiger partial charge in [-0.25, -0.2) is 0 Å². The molecule has 0 aliphatic carbocycles. The van der Waals surface area contributed by atoms with Crippen molar-refractivity contribution in [2.75, 3.05) is 6.54 Å². The summed E-state index contributed by atoms with van der Waals surface area (Å²) in [6.45, 7) is 0.708. The second-order valence-electron chi connectivity index (χ2n) is 4.63. The molecule has 2 N–H and O–H groups in total. The van der Waals surface area contributed by atoms with Crippen molar-refractivity contribution in [1.82, 2.24) is 10.3 Å². The van der Waals surface area contributed by atoms with Crippen LogP contribution in [0.4, 0.5) is 0 Å². The molecular weight excluding hydrogens is 232 g/mol. The van der Waals surface area contributed by atoms with Crippen molar-refractivity contribution in [3.05, 3.63) is 30.3 Å². The van der Waals surface area contributed by atoms with Crippen molar-refractivity contribution >= 4 is 16.9 Å². The zero-order chi connectivity index (χ0) is 12.5. The highest BCUT2D eigenvalue weighted by molar-refractivity contribution is 5.76. The number of rotatable bonds is 2. The van der Waals surface area contributed by atoms with E-state index in [4.69, 9.17) is 9.52 Å². The van der Waals surface area contributed by atoms with Gasteiger partial charge in [-0.1, -0.05) is 0 Å². The average Bonchev–Trinajstić information content (AvgIpc) is 2.86. The highest BCUT2D eigenvalue weighted by atomic mass is 16.4. The van der Waals surface area contributed by atoms with E-state index >= 15 is 0 Å². The first-order valence-corrected chi connectivity index (χ1v) is 6.03. The summed E-state index contributed by atoms with van der Waals surface area (Å²) < 4.78 is 5.35. The van der Waals surface area contributed by atoms with Crippen LogP contribution >= 0.6 is 0 Å². The van der Waals surface area contributed by atoms with E-state index in [2.05, 4.69) is 10.3 Å². The Kier molecular flexibility index (Phi) is 2.76. The molecule has 0 spiro atoms. The fraction of sp³-hybridized carbons (Fsp3) is 0.385. The number of carboxylic acid groups (broad SMARTS) is 1. The molecule has 5 nitrogen and oxygen atoms in total. The molecule has 0 radical (unpaired) electrons. The Bertz CT molecular complexity index is 578. The molecule has 1 aliphatic rings. The summed E-state index contributed by atoms with van der Waals surface area (Å²) in [5, 5.41) is 13.0. The van der Waals surface area contributed by atoms with Gasteiger partial charge in [0.15, 0.2) is 0 Å². The van der Waals surface area contributed by atoms with E-state index in [1.54, 1.807) is 12.5 Å². The summed E-state index contributed by atoms with van der Waals surface area (Å²) >= 11 is 0. The molecule has 2 atom stereocenters. The number of hydrogen-bond acceptors (Lipinski definition) is 4. The smallest absolute Gasteiger partial charge is 0.320 e. The van der Waals surface area contributed by atoms with Gasteiger partial charge in [-0.2, -0.15) is 0 Å². The minimum absolute atomic E-state index is 0.182. The number of carbonyl (C=O) groups is 1. The van der Waals surface area contributed by atoms with Crippen LogP contribution in [0.15, 0.2) is 29.0 Å². The molecule has 18 heavy (non-hydrogen) atoms. The van der Waals surface area contributed by atoms with Gasteiger partial charge in [0.1, 0.15) is 11.6 Å². The normalized spacial score (nSPS) is 24.2. The second kappa shape index (κ2) is 4.42. The first-order valence-electron chi connectivity index (χ1n) is 6.03. The molecule has 0 bridgehead atoms. The van der Waals surface area contributed by atoms with Crippen molar-refractivity contribution in [3.8, 4) is 0 Å². The number of nitrogens with one attached hydrogen (secondary N) is 1. The standard InChI is InChI=1S/C13H14N2O3/c16-13(17)11-5-8(1-3-14-11)10-6-12-9(7-15-10)2-4-18-12/h2,4,6-8,11,14H,1,3,5H2,(H,16,17). The molecule has 0 amide bonds. The quantitative estimate of drug-likeness (QED) is 0.844. The molecule has 94 valence electrons. The Morgan fingerprint density at radius 3 is 3.28 bits per heavy atom. The maximum atomic E-state index is 11.0. The van der Waals surface area contributed by atoms with Gasteiger partial charge in [0, 0.05) is 29.3 Å². The predicted molar refractivity (Wildman–Crippen MR) is 65.4 cm³/mol. The maximum absolute atomic E-state index is 11.0. The lowest BCUT2D eigenvalue weighted by molar-refractivity contribution is -0.140. The second-order valence-corrected chi connectivity index (χ2v) is 4.63. The van der Waals surface area contributed by atoms with E-state index in [-0.39, 0.29) is 5.92 Å². The van der Waals surface area contributed by atoms with E-state index in [0.717, 1.165) is 23.1 Å². The van der Waals surface area contributed by atoms with Crippen LogP contribution in [0.2, 0.25) is 0 Å². The summed E-state index contributed by atoms with van der Waals surface area (Å²) in [5.74, 6) is -0.611. The zero-order valence-electron chi connectivity index (χ0n) is 9.80. The molecule has 0 aromatic carbocycles. The molecule has 5 heteroatoms. The van der Waals surface area contributed by atoms with E-state index in [0.29, 0.717) is 13.0 Å². The van der Waals surface area contributed by atoms with Crippen LogP contribution < -0.4 is 5.32 Å². The molecule has 3 rings (SSSR count). The Hall–Kier alpha value is -1.88. The van der Waals surface area contributed by atoms with Crippen LogP contribution in [0.5, 0.6) is 0 Å². The Morgan fingerprint density at radius 2 is 2.44 bits per heavy atom. The van der Waals surface area contributed by atoms with Crippen LogP contribution in [-0.2, 0) is 4.79 Å². The largest absolute Gasteiger partial charge is 0.480 e. The van der Waals surface area contributed by atoms with Gasteiger partial charge in [-0.3, -0.25) is 9.78 Å². The van der Waals surface area contributed by atoms with Crippen molar-refractivity contribution in [3.63, 3.8) is 0 Å². The molecular formula is C13H14N2O3. The Morgan fingerprint density at radius 1 is 1.56 bits per heavy atom. The number of nitrogens with zero attached hydrogens (tertiary/aromatic N) is 1.